The molecule has 0 saturated carbocycles. The summed E-state index contributed by atoms with van der Waals surface area (Å²) >= 11 is 0. The van der Waals surface area contributed by atoms with E-state index in [9.17, 15) is 19.1 Å². The molecule has 1 atom stereocenters. The summed E-state index contributed by atoms with van der Waals surface area (Å²) in [5.41, 5.74) is 1.47. The predicted molar refractivity (Wildman–Crippen MR) is 117 cm³/mol. The quantitative estimate of drug-likeness (QED) is 0.354. The van der Waals surface area contributed by atoms with Crippen LogP contribution in [0.1, 0.15) is 22.7 Å². The number of rotatable bonds is 6. The molecule has 0 bridgehead atoms. The van der Waals surface area contributed by atoms with Gasteiger partial charge in [-0.1, -0.05) is 6.07 Å². The van der Waals surface area contributed by atoms with Crippen molar-refractivity contribution in [3.05, 3.63) is 95.1 Å². The number of ketones is 1. The number of amides is 1. The lowest BCUT2D eigenvalue weighted by Crippen LogP contribution is -2.29. The van der Waals surface area contributed by atoms with Crippen molar-refractivity contribution < 1.29 is 33.5 Å². The van der Waals surface area contributed by atoms with Gasteiger partial charge in [-0.25, -0.2) is 9.37 Å². The van der Waals surface area contributed by atoms with E-state index in [4.69, 9.17) is 9.47 Å². The third-order valence-electron chi connectivity index (χ3n) is 5.51. The minimum absolute atomic E-state index is 0.0845. The molecule has 0 radical (unpaired) electrons. The van der Waals surface area contributed by atoms with Gasteiger partial charge >= 0.3 is 0 Å². The predicted octanol–water partition coefficient (Wildman–Crippen LogP) is 3.28. The number of carbonyl (C=O) groups excluding carboxylic acids is 2. The molecule has 7 nitrogen and oxygen atoms in total. The highest BCUT2D eigenvalue weighted by molar-refractivity contribution is 6.46. The van der Waals surface area contributed by atoms with Gasteiger partial charge in [-0.2, -0.15) is 0 Å². The zero-order valence-electron chi connectivity index (χ0n) is 18.0. The lowest BCUT2D eigenvalue weighted by Gasteiger charge is -2.25. The molecule has 1 aliphatic rings. The minimum Gasteiger partial charge on any atom is -0.507 e. The van der Waals surface area contributed by atoms with E-state index in [1.165, 1.54) is 43.4 Å². The minimum atomic E-state index is -0.893. The van der Waals surface area contributed by atoms with Crippen molar-refractivity contribution in [1.29, 1.82) is 0 Å². The van der Waals surface area contributed by atoms with Crippen LogP contribution in [-0.4, -0.2) is 35.9 Å². The molecule has 0 spiro atoms. The van der Waals surface area contributed by atoms with Crippen LogP contribution in [0.25, 0.3) is 5.76 Å². The first-order chi connectivity index (χ1) is 15.9. The summed E-state index contributed by atoms with van der Waals surface area (Å²) in [5, 5.41) is 11.0. The fourth-order valence-electron chi connectivity index (χ4n) is 3.90. The van der Waals surface area contributed by atoms with Gasteiger partial charge in [-0.15, -0.1) is 0 Å². The van der Waals surface area contributed by atoms with Crippen LogP contribution in [0.15, 0.2) is 72.6 Å². The first-order valence-corrected chi connectivity index (χ1v) is 10.2. The lowest BCUT2D eigenvalue weighted by atomic mass is 9.95. The summed E-state index contributed by atoms with van der Waals surface area (Å²) in [7, 11) is 2.99. The highest BCUT2D eigenvalue weighted by atomic mass is 19.1. The van der Waals surface area contributed by atoms with Crippen LogP contribution >= 0.6 is 0 Å². The maximum atomic E-state index is 13.4. The Bertz CT molecular complexity index is 1230. The molecule has 1 amide bonds. The molecule has 2 heterocycles. The standard InChI is InChI=1S/C25H21FN2O5/c1-32-19-10-7-17(12-20(19)33-2)22-21(23(29)16-5-8-18(26)9-6-16)24(30)25(31)28(22)14-15-4-3-11-27-13-15/h3-13,22,29H,14H2,1-2H3/p+1. The van der Waals surface area contributed by atoms with Crippen molar-refractivity contribution in [2.75, 3.05) is 14.2 Å². The van der Waals surface area contributed by atoms with Crippen molar-refractivity contribution in [3.63, 3.8) is 0 Å². The van der Waals surface area contributed by atoms with Gasteiger partial charge < -0.3 is 19.5 Å². The number of Topliss-reactive ketones (excluding diaryl/α,β-unsaturated/α-hetero) is 1. The Labute approximate surface area is 189 Å². The van der Waals surface area contributed by atoms with Crippen molar-refractivity contribution in [2.24, 2.45) is 0 Å². The average molecular weight is 449 g/mol. The van der Waals surface area contributed by atoms with E-state index in [2.05, 4.69) is 4.98 Å². The number of pyridine rings is 1. The molecule has 168 valence electrons. The monoisotopic (exact) mass is 449 g/mol. The summed E-state index contributed by atoms with van der Waals surface area (Å²) in [4.78, 5) is 30.5. The first kappa shape index (κ1) is 22.0. The normalized spacial score (nSPS) is 17.3. The highest BCUT2D eigenvalue weighted by Crippen LogP contribution is 2.42. The number of aromatic nitrogens is 1. The van der Waals surface area contributed by atoms with Crippen LogP contribution < -0.4 is 14.5 Å². The van der Waals surface area contributed by atoms with E-state index in [0.717, 1.165) is 5.56 Å². The van der Waals surface area contributed by atoms with E-state index >= 15 is 0 Å². The van der Waals surface area contributed by atoms with Crippen LogP contribution in [0.5, 0.6) is 11.5 Å². The molecule has 1 unspecified atom stereocenters. The van der Waals surface area contributed by atoms with Crippen LogP contribution in [-0.2, 0) is 16.1 Å². The number of carbonyl (C=O) groups is 2. The van der Waals surface area contributed by atoms with E-state index in [-0.39, 0.29) is 23.4 Å². The summed E-state index contributed by atoms with van der Waals surface area (Å²) in [6.45, 7) is 0.126. The molecule has 0 aliphatic carbocycles. The average Bonchev–Trinajstić information content (AvgIpc) is 3.09. The molecule has 4 rings (SSSR count). The van der Waals surface area contributed by atoms with Crippen LogP contribution in [0.4, 0.5) is 4.39 Å². The van der Waals surface area contributed by atoms with Gasteiger partial charge in [-0.3, -0.25) is 9.59 Å². The van der Waals surface area contributed by atoms with E-state index < -0.39 is 23.5 Å². The molecular weight excluding hydrogens is 427 g/mol. The molecular formula is C25H22FN2O5+. The molecule has 1 saturated heterocycles. The maximum Gasteiger partial charge on any atom is 0.295 e. The molecule has 33 heavy (non-hydrogen) atoms. The number of hydrogen-bond acceptors (Lipinski definition) is 5. The molecule has 3 aromatic rings. The largest absolute Gasteiger partial charge is 0.507 e. The second-order valence-corrected chi connectivity index (χ2v) is 7.46. The molecule has 1 aliphatic heterocycles. The Morgan fingerprint density at radius 2 is 1.79 bits per heavy atom. The second-order valence-electron chi connectivity index (χ2n) is 7.46. The number of aliphatic hydroxyl groups excluding tert-OH is 1. The van der Waals surface area contributed by atoms with Gasteiger partial charge in [0.1, 0.15) is 11.6 Å². The first-order valence-electron chi connectivity index (χ1n) is 10.2. The number of aromatic amines is 1. The van der Waals surface area contributed by atoms with Crippen LogP contribution in [0.2, 0.25) is 0 Å². The second kappa shape index (κ2) is 9.12. The SMILES string of the molecule is COc1ccc(C2C(=C(O)c3ccc(F)cc3)C(=O)C(=O)N2Cc2ccc[nH+]c2)cc1OC. The van der Waals surface area contributed by atoms with Gasteiger partial charge in [0.2, 0.25) is 0 Å². The third kappa shape index (κ3) is 4.15. The number of benzene rings is 2. The smallest absolute Gasteiger partial charge is 0.295 e. The molecule has 1 fully saturated rings. The molecule has 2 aromatic carbocycles. The van der Waals surface area contributed by atoms with Gasteiger partial charge in [0.15, 0.2) is 23.9 Å². The lowest BCUT2D eigenvalue weighted by molar-refractivity contribution is -0.378. The Balaban J connectivity index is 1.89. The summed E-state index contributed by atoms with van der Waals surface area (Å²) in [6, 6.07) is 12.8. The van der Waals surface area contributed by atoms with Crippen LogP contribution in [0.3, 0.4) is 0 Å². The fraction of sp³-hybridized carbons (Fsp3) is 0.160. The molecule has 2 N–H and O–H groups in total. The zero-order chi connectivity index (χ0) is 23.5. The maximum absolute atomic E-state index is 13.4. The summed E-state index contributed by atoms with van der Waals surface area (Å²) < 4.78 is 24.1. The number of likely N-dealkylation sites (tertiary alicyclic amines) is 1. The molecule has 1 aromatic heterocycles. The molecule has 8 heteroatoms. The number of halogens is 1. The number of aliphatic hydroxyl groups is 1. The number of hydrogen-bond donors (Lipinski definition) is 1. The number of H-pyrrole nitrogens is 1. The summed E-state index contributed by atoms with van der Waals surface area (Å²) in [5.74, 6) is -1.54. The zero-order valence-corrected chi connectivity index (χ0v) is 18.0. The topological polar surface area (TPSA) is 90.2 Å². The fourth-order valence-corrected chi connectivity index (χ4v) is 3.90. The van der Waals surface area contributed by atoms with E-state index in [0.29, 0.717) is 17.1 Å². The van der Waals surface area contributed by atoms with Gasteiger partial charge in [-0.05, 0) is 48.0 Å². The Hall–Kier alpha value is -4.20. The number of nitrogens with zero attached hydrogens (tertiary/aromatic N) is 1. The number of ether oxygens (including phenoxy) is 2. The third-order valence-corrected chi connectivity index (χ3v) is 5.51. The van der Waals surface area contributed by atoms with E-state index in [1.54, 1.807) is 36.7 Å². The van der Waals surface area contributed by atoms with Gasteiger partial charge in [0.25, 0.3) is 11.7 Å². The Morgan fingerprint density at radius 1 is 1.06 bits per heavy atom. The Kier molecular flexibility index (Phi) is 6.08. The van der Waals surface area contributed by atoms with Crippen molar-refractivity contribution in [1.82, 2.24) is 4.90 Å². The van der Waals surface area contributed by atoms with Crippen molar-refractivity contribution >= 4 is 17.4 Å². The Morgan fingerprint density at radius 3 is 2.42 bits per heavy atom. The number of nitrogens with one attached hydrogen (secondary N) is 1. The summed E-state index contributed by atoms with van der Waals surface area (Å²) in [6.07, 6.45) is 3.46. The highest BCUT2D eigenvalue weighted by Gasteiger charge is 2.46. The van der Waals surface area contributed by atoms with Crippen LogP contribution in [0, 0.1) is 5.82 Å². The van der Waals surface area contributed by atoms with Crippen molar-refractivity contribution in [2.45, 2.75) is 12.6 Å². The van der Waals surface area contributed by atoms with Gasteiger partial charge in [0, 0.05) is 17.2 Å². The van der Waals surface area contributed by atoms with Crippen molar-refractivity contribution in [3.8, 4) is 11.5 Å². The van der Waals surface area contributed by atoms with E-state index in [1.807, 2.05) is 6.07 Å². The number of methoxy groups -OCH3 is 2. The van der Waals surface area contributed by atoms with Gasteiger partial charge in [0.05, 0.1) is 32.4 Å².